The molecule has 4 heteroatoms. The van der Waals surface area contributed by atoms with E-state index in [-0.39, 0.29) is 11.1 Å². The van der Waals surface area contributed by atoms with Gasteiger partial charge in [0.25, 0.3) is 0 Å². The number of morpholine rings is 1. The molecule has 122 valence electrons. The monoisotopic (exact) mass is 296 g/mol. The highest BCUT2D eigenvalue weighted by Crippen LogP contribution is 2.42. The van der Waals surface area contributed by atoms with E-state index < -0.39 is 0 Å². The zero-order valence-electron chi connectivity index (χ0n) is 14.4. The van der Waals surface area contributed by atoms with E-state index in [1.807, 2.05) is 0 Å². The lowest BCUT2D eigenvalue weighted by atomic mass is 9.89. The first-order chi connectivity index (χ1) is 9.79. The van der Waals surface area contributed by atoms with Crippen LogP contribution in [-0.4, -0.2) is 65.6 Å². The molecule has 3 heterocycles. The van der Waals surface area contributed by atoms with Gasteiger partial charge in [-0.15, -0.1) is 0 Å². The third kappa shape index (κ3) is 3.00. The number of hydrogen-bond donors (Lipinski definition) is 0. The summed E-state index contributed by atoms with van der Waals surface area (Å²) in [6, 6.07) is 1.16. The van der Waals surface area contributed by atoms with Crippen LogP contribution in [0.3, 0.4) is 0 Å². The molecule has 3 aliphatic rings. The molecule has 0 radical (unpaired) electrons. The molecule has 0 N–H and O–H groups in total. The summed E-state index contributed by atoms with van der Waals surface area (Å²) in [5, 5.41) is 0. The van der Waals surface area contributed by atoms with E-state index >= 15 is 0 Å². The molecule has 3 aliphatic heterocycles. The molecule has 0 aromatic heterocycles. The van der Waals surface area contributed by atoms with Gasteiger partial charge in [0.2, 0.25) is 0 Å². The molecule has 3 atom stereocenters. The second kappa shape index (κ2) is 5.48. The average Bonchev–Trinajstić information content (AvgIpc) is 2.99. The zero-order valence-corrected chi connectivity index (χ0v) is 14.4. The Morgan fingerprint density at radius 3 is 2.52 bits per heavy atom. The normalized spacial score (nSPS) is 35.6. The number of nitrogens with zero attached hydrogens (tertiary/aromatic N) is 2. The van der Waals surface area contributed by atoms with Crippen molar-refractivity contribution in [1.29, 1.82) is 0 Å². The third-order valence-corrected chi connectivity index (χ3v) is 5.49. The Kier molecular flexibility index (Phi) is 4.11. The number of likely N-dealkylation sites (tertiary alicyclic amines) is 1. The highest BCUT2D eigenvalue weighted by Gasteiger charge is 2.52. The minimum atomic E-state index is 0.169. The van der Waals surface area contributed by atoms with Gasteiger partial charge in [-0.25, -0.2) is 0 Å². The van der Waals surface area contributed by atoms with E-state index in [1.54, 1.807) is 0 Å². The fraction of sp³-hybridized carbons (Fsp3) is 1.00. The fourth-order valence-corrected chi connectivity index (χ4v) is 4.54. The van der Waals surface area contributed by atoms with Crippen LogP contribution in [0.25, 0.3) is 0 Å². The van der Waals surface area contributed by atoms with Gasteiger partial charge in [0.1, 0.15) is 0 Å². The molecule has 2 bridgehead atoms. The lowest BCUT2D eigenvalue weighted by Gasteiger charge is -2.49. The number of ether oxygens (including phenoxy) is 2. The summed E-state index contributed by atoms with van der Waals surface area (Å²) in [7, 11) is 0. The predicted octanol–water partition coefficient (Wildman–Crippen LogP) is 2.48. The van der Waals surface area contributed by atoms with Crippen molar-refractivity contribution in [3.63, 3.8) is 0 Å². The maximum Gasteiger partial charge on any atom is 0.0994 e. The molecule has 0 aromatic rings. The van der Waals surface area contributed by atoms with Gasteiger partial charge in [-0.2, -0.15) is 0 Å². The summed E-state index contributed by atoms with van der Waals surface area (Å²) in [6.07, 6.45) is 3.96. The second-order valence-electron chi connectivity index (χ2n) is 8.58. The third-order valence-electron chi connectivity index (χ3n) is 5.49. The van der Waals surface area contributed by atoms with E-state index in [4.69, 9.17) is 9.47 Å². The molecule has 3 rings (SSSR count). The van der Waals surface area contributed by atoms with Gasteiger partial charge < -0.3 is 9.47 Å². The lowest BCUT2D eigenvalue weighted by molar-refractivity contribution is -0.0985. The summed E-state index contributed by atoms with van der Waals surface area (Å²) < 4.78 is 11.7. The van der Waals surface area contributed by atoms with Crippen LogP contribution < -0.4 is 0 Å². The Labute approximate surface area is 129 Å². The van der Waals surface area contributed by atoms with Gasteiger partial charge in [-0.05, 0) is 53.9 Å². The number of hydrogen-bond acceptors (Lipinski definition) is 4. The van der Waals surface area contributed by atoms with Crippen LogP contribution >= 0.6 is 0 Å². The van der Waals surface area contributed by atoms with E-state index in [0.717, 1.165) is 39.3 Å². The molecule has 1 unspecified atom stereocenters. The quantitative estimate of drug-likeness (QED) is 0.799. The van der Waals surface area contributed by atoms with Gasteiger partial charge in [0, 0.05) is 36.3 Å². The molecule has 0 saturated carbocycles. The first-order valence-electron chi connectivity index (χ1n) is 8.52. The second-order valence-corrected chi connectivity index (χ2v) is 8.58. The SMILES string of the molecule is CC(C)(C)N1C(CC(C)(C)N2CCCOC2)[C@H]2C[C@@H]1CO2. The van der Waals surface area contributed by atoms with Crippen LogP contribution in [-0.2, 0) is 9.47 Å². The molecular weight excluding hydrogens is 264 g/mol. The summed E-state index contributed by atoms with van der Waals surface area (Å²) in [5.41, 5.74) is 0.394. The van der Waals surface area contributed by atoms with Gasteiger partial charge >= 0.3 is 0 Å². The van der Waals surface area contributed by atoms with E-state index in [2.05, 4.69) is 44.4 Å². The average molecular weight is 296 g/mol. The topological polar surface area (TPSA) is 24.9 Å². The smallest absolute Gasteiger partial charge is 0.0994 e. The Bertz CT molecular complexity index is 371. The van der Waals surface area contributed by atoms with E-state index in [0.29, 0.717) is 18.2 Å². The number of rotatable bonds is 3. The highest BCUT2D eigenvalue weighted by molar-refractivity contribution is 5.06. The molecule has 0 spiro atoms. The van der Waals surface area contributed by atoms with Crippen LogP contribution in [0.2, 0.25) is 0 Å². The predicted molar refractivity (Wildman–Crippen MR) is 84.4 cm³/mol. The van der Waals surface area contributed by atoms with Gasteiger partial charge in [0.15, 0.2) is 0 Å². The number of fused-ring (bicyclic) bond motifs is 2. The first kappa shape index (κ1) is 15.7. The zero-order chi connectivity index (χ0) is 15.3. The molecule has 3 fully saturated rings. The minimum absolute atomic E-state index is 0.169. The molecule has 0 aromatic carbocycles. The van der Waals surface area contributed by atoms with E-state index in [1.165, 1.54) is 6.42 Å². The molecule has 21 heavy (non-hydrogen) atoms. The molecule has 3 saturated heterocycles. The summed E-state index contributed by atoms with van der Waals surface area (Å²) in [4.78, 5) is 5.23. The standard InChI is InChI=1S/C17H32N2O2/c1-16(2,3)19-13-9-15(21-11-13)14(19)10-17(4,5)18-7-6-8-20-12-18/h13-15H,6-12H2,1-5H3/t13-,14?,15-/m1/s1. The van der Waals surface area contributed by atoms with Crippen LogP contribution in [0.4, 0.5) is 0 Å². The van der Waals surface area contributed by atoms with Crippen molar-refractivity contribution in [2.45, 2.75) is 83.1 Å². The van der Waals surface area contributed by atoms with Crippen molar-refractivity contribution in [3.05, 3.63) is 0 Å². The Morgan fingerprint density at radius 2 is 1.90 bits per heavy atom. The highest BCUT2D eigenvalue weighted by atomic mass is 16.5. The van der Waals surface area contributed by atoms with Crippen molar-refractivity contribution in [3.8, 4) is 0 Å². The maximum atomic E-state index is 6.03. The first-order valence-corrected chi connectivity index (χ1v) is 8.52. The van der Waals surface area contributed by atoms with Crippen molar-refractivity contribution in [2.24, 2.45) is 0 Å². The van der Waals surface area contributed by atoms with Gasteiger partial charge in [-0.1, -0.05) is 0 Å². The summed E-state index contributed by atoms with van der Waals surface area (Å²) in [6.45, 7) is 15.5. The summed E-state index contributed by atoms with van der Waals surface area (Å²) in [5.74, 6) is 0. The van der Waals surface area contributed by atoms with Crippen molar-refractivity contribution >= 4 is 0 Å². The van der Waals surface area contributed by atoms with Crippen molar-refractivity contribution in [2.75, 3.05) is 26.5 Å². The van der Waals surface area contributed by atoms with Gasteiger partial charge in [0.05, 0.1) is 19.4 Å². The Morgan fingerprint density at radius 1 is 1.14 bits per heavy atom. The van der Waals surface area contributed by atoms with Crippen LogP contribution in [0.1, 0.15) is 53.9 Å². The minimum Gasteiger partial charge on any atom is -0.375 e. The molecule has 4 nitrogen and oxygen atoms in total. The lowest BCUT2D eigenvalue weighted by Crippen LogP contribution is -2.59. The molecular formula is C17H32N2O2. The Hall–Kier alpha value is -0.160. The molecule has 0 aliphatic carbocycles. The van der Waals surface area contributed by atoms with Crippen molar-refractivity contribution in [1.82, 2.24) is 9.80 Å². The van der Waals surface area contributed by atoms with E-state index in [9.17, 15) is 0 Å². The Balaban J connectivity index is 1.73. The molecule has 0 amide bonds. The largest absolute Gasteiger partial charge is 0.375 e. The maximum absolute atomic E-state index is 6.03. The van der Waals surface area contributed by atoms with Crippen LogP contribution in [0.5, 0.6) is 0 Å². The van der Waals surface area contributed by atoms with Crippen molar-refractivity contribution < 1.29 is 9.47 Å². The van der Waals surface area contributed by atoms with Gasteiger partial charge in [-0.3, -0.25) is 9.80 Å². The van der Waals surface area contributed by atoms with Crippen LogP contribution in [0, 0.1) is 0 Å². The van der Waals surface area contributed by atoms with Crippen LogP contribution in [0.15, 0.2) is 0 Å². The fourth-order valence-electron chi connectivity index (χ4n) is 4.54. The summed E-state index contributed by atoms with van der Waals surface area (Å²) >= 11 is 0.